The molecule has 2 aromatic rings. The molecule has 7 heteroatoms. The Kier molecular flexibility index (Phi) is 5.27. The number of anilines is 1. The third-order valence-electron chi connectivity index (χ3n) is 7.03. The van der Waals surface area contributed by atoms with Crippen molar-refractivity contribution in [3.8, 4) is 0 Å². The number of amides is 3. The van der Waals surface area contributed by atoms with Crippen LogP contribution in [0.3, 0.4) is 0 Å². The topological polar surface area (TPSA) is 66.5 Å². The van der Waals surface area contributed by atoms with Crippen LogP contribution in [0.2, 0.25) is 10.0 Å². The van der Waals surface area contributed by atoms with Crippen LogP contribution in [0.5, 0.6) is 0 Å². The highest BCUT2D eigenvalue weighted by Crippen LogP contribution is 2.56. The van der Waals surface area contributed by atoms with Gasteiger partial charge in [0.15, 0.2) is 0 Å². The zero-order chi connectivity index (χ0) is 21.7. The first-order chi connectivity index (χ1) is 14.9. The van der Waals surface area contributed by atoms with Crippen molar-refractivity contribution >= 4 is 46.6 Å². The Morgan fingerprint density at radius 3 is 2.29 bits per heavy atom. The van der Waals surface area contributed by atoms with Gasteiger partial charge in [0.05, 0.1) is 22.5 Å². The Balaban J connectivity index is 1.47. The lowest BCUT2D eigenvalue weighted by Crippen LogP contribution is -2.49. The van der Waals surface area contributed by atoms with E-state index in [1.807, 2.05) is 30.3 Å². The van der Waals surface area contributed by atoms with Gasteiger partial charge in [0.1, 0.15) is 6.04 Å². The van der Waals surface area contributed by atoms with Gasteiger partial charge in [0.25, 0.3) is 0 Å². The van der Waals surface area contributed by atoms with E-state index in [-0.39, 0.29) is 41.9 Å². The fourth-order valence-electron chi connectivity index (χ4n) is 5.69. The van der Waals surface area contributed by atoms with E-state index in [0.717, 1.165) is 24.8 Å². The molecule has 3 amide bonds. The van der Waals surface area contributed by atoms with Gasteiger partial charge >= 0.3 is 0 Å². The van der Waals surface area contributed by atoms with Crippen molar-refractivity contribution in [1.82, 2.24) is 4.90 Å². The van der Waals surface area contributed by atoms with Gasteiger partial charge in [0, 0.05) is 11.4 Å². The third-order valence-corrected chi connectivity index (χ3v) is 7.60. The minimum Gasteiger partial charge on any atom is -0.323 e. The fraction of sp³-hybridized carbons (Fsp3) is 0.375. The lowest BCUT2D eigenvalue weighted by Gasteiger charge is -2.27. The van der Waals surface area contributed by atoms with Crippen LogP contribution in [0.15, 0.2) is 48.5 Å². The number of halogens is 2. The number of nitrogens with one attached hydrogen (secondary N) is 1. The van der Waals surface area contributed by atoms with Gasteiger partial charge < -0.3 is 5.32 Å². The molecule has 5 rings (SSSR count). The number of hydrogen-bond acceptors (Lipinski definition) is 3. The molecule has 2 aliphatic carbocycles. The SMILES string of the molecule is O=C(Nc1cc(Cl)ccc1Cl)[C@@H](Cc1ccccc1)N1C(=O)[C@@H]2[C@H]3CC[C@@H](C3)[C@@H]2C1=O. The maximum Gasteiger partial charge on any atom is 0.248 e. The number of likely N-dealkylation sites (tertiary alicyclic amines) is 1. The maximum atomic E-state index is 13.4. The quantitative estimate of drug-likeness (QED) is 0.669. The number of hydrogen-bond donors (Lipinski definition) is 1. The second-order valence-corrected chi connectivity index (χ2v) is 9.59. The molecule has 0 unspecified atom stereocenters. The third kappa shape index (κ3) is 3.54. The summed E-state index contributed by atoms with van der Waals surface area (Å²) in [5.41, 5.74) is 1.23. The highest BCUT2D eigenvalue weighted by molar-refractivity contribution is 6.35. The molecule has 2 aromatic carbocycles. The van der Waals surface area contributed by atoms with Crippen LogP contribution in [0, 0.1) is 23.7 Å². The molecule has 0 spiro atoms. The molecule has 1 N–H and O–H groups in total. The lowest BCUT2D eigenvalue weighted by atomic mass is 9.81. The smallest absolute Gasteiger partial charge is 0.248 e. The van der Waals surface area contributed by atoms with Gasteiger partial charge in [-0.1, -0.05) is 53.5 Å². The number of carbonyl (C=O) groups excluding carboxylic acids is 3. The molecule has 1 aliphatic heterocycles. The number of fused-ring (bicyclic) bond motifs is 5. The summed E-state index contributed by atoms with van der Waals surface area (Å²) < 4.78 is 0. The molecule has 1 heterocycles. The molecule has 31 heavy (non-hydrogen) atoms. The molecular formula is C24H22Cl2N2O3. The second-order valence-electron chi connectivity index (χ2n) is 8.75. The summed E-state index contributed by atoms with van der Waals surface area (Å²) in [5.74, 6) is -0.856. The Labute approximate surface area is 190 Å². The minimum absolute atomic E-state index is 0.199. The molecule has 0 radical (unpaired) electrons. The Bertz CT molecular complexity index is 1030. The van der Waals surface area contributed by atoms with Crippen LogP contribution in [0.1, 0.15) is 24.8 Å². The van der Waals surface area contributed by atoms with E-state index in [1.165, 1.54) is 4.90 Å². The Hall–Kier alpha value is -2.37. The Morgan fingerprint density at radius 1 is 1.00 bits per heavy atom. The number of rotatable bonds is 5. The van der Waals surface area contributed by atoms with E-state index in [9.17, 15) is 14.4 Å². The van der Waals surface area contributed by atoms with Crippen molar-refractivity contribution in [2.45, 2.75) is 31.7 Å². The second kappa shape index (κ2) is 7.95. The molecule has 0 aromatic heterocycles. The van der Waals surface area contributed by atoms with E-state index in [1.54, 1.807) is 18.2 Å². The first-order valence-electron chi connectivity index (χ1n) is 10.6. The maximum absolute atomic E-state index is 13.4. The van der Waals surface area contributed by atoms with Gasteiger partial charge in [-0.15, -0.1) is 0 Å². The molecule has 5 nitrogen and oxygen atoms in total. The molecule has 3 aliphatic rings. The van der Waals surface area contributed by atoms with Gasteiger partial charge in [-0.3, -0.25) is 19.3 Å². The van der Waals surface area contributed by atoms with Crippen LogP contribution < -0.4 is 5.32 Å². The molecule has 160 valence electrons. The van der Waals surface area contributed by atoms with Crippen LogP contribution in [0.4, 0.5) is 5.69 Å². The average molecular weight is 457 g/mol. The fourth-order valence-corrected chi connectivity index (χ4v) is 6.02. The first-order valence-corrected chi connectivity index (χ1v) is 11.4. The van der Waals surface area contributed by atoms with Crippen molar-refractivity contribution < 1.29 is 14.4 Å². The van der Waals surface area contributed by atoms with Gasteiger partial charge in [-0.25, -0.2) is 0 Å². The zero-order valence-corrected chi connectivity index (χ0v) is 18.3. The van der Waals surface area contributed by atoms with Crippen molar-refractivity contribution in [1.29, 1.82) is 0 Å². The van der Waals surface area contributed by atoms with E-state index in [0.29, 0.717) is 15.7 Å². The van der Waals surface area contributed by atoms with E-state index in [4.69, 9.17) is 23.2 Å². The first kappa shape index (κ1) is 20.5. The molecule has 2 saturated carbocycles. The van der Waals surface area contributed by atoms with Crippen molar-refractivity contribution in [2.75, 3.05) is 5.32 Å². The zero-order valence-electron chi connectivity index (χ0n) is 16.8. The molecule has 3 fully saturated rings. The standard InChI is InChI=1S/C24H22Cl2N2O3/c25-16-8-9-17(26)18(12-16)27-22(29)19(10-13-4-2-1-3-5-13)28-23(30)20-14-6-7-15(11-14)21(20)24(28)31/h1-5,8-9,12,14-15,19-21H,6-7,10-11H2,(H,27,29)/t14-,15-,19+,20-,21+/m0/s1. The van der Waals surface area contributed by atoms with Crippen LogP contribution in [-0.2, 0) is 20.8 Å². The number of carbonyl (C=O) groups is 3. The summed E-state index contributed by atoms with van der Waals surface area (Å²) in [7, 11) is 0. The predicted molar refractivity (Wildman–Crippen MR) is 119 cm³/mol. The van der Waals surface area contributed by atoms with E-state index < -0.39 is 11.9 Å². The monoisotopic (exact) mass is 456 g/mol. The lowest BCUT2D eigenvalue weighted by molar-refractivity contribution is -0.147. The number of imide groups is 1. The van der Waals surface area contributed by atoms with Gasteiger partial charge in [-0.2, -0.15) is 0 Å². The summed E-state index contributed by atoms with van der Waals surface area (Å²) in [6.07, 6.45) is 3.18. The molecule has 1 saturated heterocycles. The predicted octanol–water partition coefficient (Wildman–Crippen LogP) is 4.57. The summed E-state index contributed by atoms with van der Waals surface area (Å²) in [6.45, 7) is 0. The van der Waals surface area contributed by atoms with Crippen molar-refractivity contribution in [3.63, 3.8) is 0 Å². The summed E-state index contributed by atoms with van der Waals surface area (Å²) in [5, 5.41) is 3.56. The normalized spacial score (nSPS) is 27.5. The summed E-state index contributed by atoms with van der Waals surface area (Å²) >= 11 is 12.3. The van der Waals surface area contributed by atoms with Crippen LogP contribution in [0.25, 0.3) is 0 Å². The van der Waals surface area contributed by atoms with Crippen LogP contribution >= 0.6 is 23.2 Å². The average Bonchev–Trinajstić information content (AvgIpc) is 3.44. The molecule has 5 atom stereocenters. The van der Waals surface area contributed by atoms with Crippen molar-refractivity contribution in [3.05, 3.63) is 64.1 Å². The molecular weight excluding hydrogens is 435 g/mol. The highest BCUT2D eigenvalue weighted by atomic mass is 35.5. The highest BCUT2D eigenvalue weighted by Gasteiger charge is 2.62. The number of nitrogens with zero attached hydrogens (tertiary/aromatic N) is 1. The molecule has 2 bridgehead atoms. The summed E-state index contributed by atoms with van der Waals surface area (Å²) in [6, 6.07) is 13.3. The van der Waals surface area contributed by atoms with Gasteiger partial charge in [0.2, 0.25) is 17.7 Å². The largest absolute Gasteiger partial charge is 0.323 e. The van der Waals surface area contributed by atoms with E-state index >= 15 is 0 Å². The van der Waals surface area contributed by atoms with Crippen molar-refractivity contribution in [2.24, 2.45) is 23.7 Å². The summed E-state index contributed by atoms with van der Waals surface area (Å²) in [4.78, 5) is 41.4. The minimum atomic E-state index is -0.942. The van der Waals surface area contributed by atoms with Gasteiger partial charge in [-0.05, 0) is 54.9 Å². The number of benzene rings is 2. The Morgan fingerprint density at radius 2 is 1.65 bits per heavy atom. The van der Waals surface area contributed by atoms with E-state index in [2.05, 4.69) is 5.32 Å². The van der Waals surface area contributed by atoms with Crippen LogP contribution in [-0.4, -0.2) is 28.7 Å².